The summed E-state index contributed by atoms with van der Waals surface area (Å²) in [6.45, 7) is 4.00. The molecule has 2 aromatic carbocycles. The molecular weight excluding hydrogens is 274 g/mol. The predicted molar refractivity (Wildman–Crippen MR) is 84.0 cm³/mol. The second-order valence-electron chi connectivity index (χ2n) is 4.31. The predicted octanol–water partition coefficient (Wildman–Crippen LogP) is 4.99. The number of nitrogens with one attached hydrogen (secondary N) is 1. The molecular formula is C16H18ClNS. The first-order valence-corrected chi connectivity index (χ1v) is 7.71. The van der Waals surface area contributed by atoms with Crippen LogP contribution in [0.4, 0.5) is 0 Å². The lowest BCUT2D eigenvalue weighted by Crippen LogP contribution is -2.14. The van der Waals surface area contributed by atoms with Crippen LogP contribution in [0.3, 0.4) is 0 Å². The molecule has 0 aliphatic carbocycles. The molecule has 0 aliphatic heterocycles. The van der Waals surface area contributed by atoms with Crippen molar-refractivity contribution < 1.29 is 0 Å². The zero-order valence-corrected chi connectivity index (χ0v) is 12.6. The van der Waals surface area contributed by atoms with Crippen molar-refractivity contribution in [2.45, 2.75) is 29.7 Å². The van der Waals surface area contributed by atoms with Crippen molar-refractivity contribution in [2.75, 3.05) is 6.54 Å². The first-order valence-electron chi connectivity index (χ1n) is 6.52. The normalized spacial score (nSPS) is 10.6. The highest BCUT2D eigenvalue weighted by Gasteiger charge is 2.08. The zero-order valence-electron chi connectivity index (χ0n) is 11.0. The lowest BCUT2D eigenvalue weighted by atomic mass is 10.2. The molecule has 2 rings (SSSR count). The van der Waals surface area contributed by atoms with Crippen molar-refractivity contribution in [2.24, 2.45) is 0 Å². The monoisotopic (exact) mass is 291 g/mol. The van der Waals surface area contributed by atoms with E-state index in [1.165, 1.54) is 15.4 Å². The van der Waals surface area contributed by atoms with Gasteiger partial charge in [0, 0.05) is 21.4 Å². The molecule has 3 heteroatoms. The molecule has 0 heterocycles. The molecule has 0 fully saturated rings. The average Bonchev–Trinajstić information content (AvgIpc) is 2.43. The molecule has 0 radical (unpaired) electrons. The molecule has 0 spiro atoms. The van der Waals surface area contributed by atoms with E-state index in [1.54, 1.807) is 11.8 Å². The minimum atomic E-state index is 0.822. The van der Waals surface area contributed by atoms with E-state index in [2.05, 4.69) is 42.6 Å². The standard InChI is InChI=1S/C16H18ClNS/c1-2-11-18-12-14-15(17)9-6-10-16(14)19-13-7-4-3-5-8-13/h3-10,18H,2,11-12H2,1H3. The van der Waals surface area contributed by atoms with E-state index in [0.29, 0.717) is 0 Å². The molecule has 0 bridgehead atoms. The van der Waals surface area contributed by atoms with Gasteiger partial charge in [0.25, 0.3) is 0 Å². The molecule has 100 valence electrons. The lowest BCUT2D eigenvalue weighted by molar-refractivity contribution is 0.669. The van der Waals surface area contributed by atoms with Crippen LogP contribution < -0.4 is 5.32 Å². The minimum Gasteiger partial charge on any atom is -0.313 e. The van der Waals surface area contributed by atoms with Crippen molar-refractivity contribution >= 4 is 23.4 Å². The van der Waals surface area contributed by atoms with Crippen LogP contribution in [-0.2, 0) is 6.54 Å². The Morgan fingerprint density at radius 3 is 2.58 bits per heavy atom. The summed E-state index contributed by atoms with van der Waals surface area (Å²) in [4.78, 5) is 2.46. The third-order valence-electron chi connectivity index (χ3n) is 2.78. The fourth-order valence-electron chi connectivity index (χ4n) is 1.81. The first-order chi connectivity index (χ1) is 9.31. The summed E-state index contributed by atoms with van der Waals surface area (Å²) in [7, 11) is 0. The lowest BCUT2D eigenvalue weighted by Gasteiger charge is -2.12. The smallest absolute Gasteiger partial charge is 0.0462 e. The number of rotatable bonds is 6. The Kier molecular flexibility index (Phi) is 5.77. The number of hydrogen-bond donors (Lipinski definition) is 1. The Bertz CT molecular complexity index is 513. The van der Waals surface area contributed by atoms with Crippen LogP contribution in [-0.4, -0.2) is 6.54 Å². The molecule has 0 aliphatic rings. The van der Waals surface area contributed by atoms with E-state index in [4.69, 9.17) is 11.6 Å². The molecule has 0 unspecified atom stereocenters. The van der Waals surface area contributed by atoms with Gasteiger partial charge in [0.2, 0.25) is 0 Å². The average molecular weight is 292 g/mol. The zero-order chi connectivity index (χ0) is 13.5. The maximum absolute atomic E-state index is 6.32. The number of hydrogen-bond acceptors (Lipinski definition) is 2. The van der Waals surface area contributed by atoms with Gasteiger partial charge in [-0.25, -0.2) is 0 Å². The SMILES string of the molecule is CCCNCc1c(Cl)cccc1Sc1ccccc1. The van der Waals surface area contributed by atoms with Gasteiger partial charge >= 0.3 is 0 Å². The summed E-state index contributed by atoms with van der Waals surface area (Å²) < 4.78 is 0. The van der Waals surface area contributed by atoms with Gasteiger partial charge in [-0.05, 0) is 42.8 Å². The van der Waals surface area contributed by atoms with Crippen molar-refractivity contribution in [1.82, 2.24) is 5.32 Å². The van der Waals surface area contributed by atoms with Crippen molar-refractivity contribution in [3.05, 3.63) is 59.1 Å². The molecule has 0 saturated heterocycles. The van der Waals surface area contributed by atoms with Gasteiger partial charge in [-0.3, -0.25) is 0 Å². The maximum atomic E-state index is 6.32. The first kappa shape index (κ1) is 14.4. The van der Waals surface area contributed by atoms with Crippen LogP contribution in [0.1, 0.15) is 18.9 Å². The highest BCUT2D eigenvalue weighted by molar-refractivity contribution is 7.99. The highest BCUT2D eigenvalue weighted by atomic mass is 35.5. The highest BCUT2D eigenvalue weighted by Crippen LogP contribution is 2.33. The van der Waals surface area contributed by atoms with E-state index >= 15 is 0 Å². The Morgan fingerprint density at radius 2 is 1.84 bits per heavy atom. The summed E-state index contributed by atoms with van der Waals surface area (Å²) in [5, 5.41) is 4.26. The van der Waals surface area contributed by atoms with Gasteiger partial charge in [0.05, 0.1) is 0 Å². The minimum absolute atomic E-state index is 0.822. The summed E-state index contributed by atoms with van der Waals surface area (Å²) in [6, 6.07) is 16.5. The summed E-state index contributed by atoms with van der Waals surface area (Å²) in [5.41, 5.74) is 1.19. The van der Waals surface area contributed by atoms with E-state index in [1.807, 2.05) is 18.2 Å². The Labute approximate surface area is 124 Å². The molecule has 0 atom stereocenters. The summed E-state index contributed by atoms with van der Waals surface area (Å²) in [5.74, 6) is 0. The summed E-state index contributed by atoms with van der Waals surface area (Å²) >= 11 is 8.08. The van der Waals surface area contributed by atoms with Crippen LogP contribution in [0.5, 0.6) is 0 Å². The van der Waals surface area contributed by atoms with Crippen LogP contribution in [0.15, 0.2) is 58.3 Å². The maximum Gasteiger partial charge on any atom is 0.0462 e. The molecule has 0 amide bonds. The van der Waals surface area contributed by atoms with Crippen molar-refractivity contribution in [3.8, 4) is 0 Å². The van der Waals surface area contributed by atoms with Crippen LogP contribution >= 0.6 is 23.4 Å². The van der Waals surface area contributed by atoms with Gasteiger partial charge in [-0.15, -0.1) is 0 Å². The van der Waals surface area contributed by atoms with Crippen LogP contribution in [0.2, 0.25) is 5.02 Å². The quantitative estimate of drug-likeness (QED) is 0.753. The van der Waals surface area contributed by atoms with Crippen molar-refractivity contribution in [1.29, 1.82) is 0 Å². The third kappa shape index (κ3) is 4.27. The van der Waals surface area contributed by atoms with Gasteiger partial charge in [-0.2, -0.15) is 0 Å². The Hall–Kier alpha value is -0.960. The second-order valence-corrected chi connectivity index (χ2v) is 5.83. The number of halogens is 1. The van der Waals surface area contributed by atoms with Crippen molar-refractivity contribution in [3.63, 3.8) is 0 Å². The molecule has 2 aromatic rings. The molecule has 19 heavy (non-hydrogen) atoms. The van der Waals surface area contributed by atoms with Crippen LogP contribution in [0, 0.1) is 0 Å². The molecule has 1 nitrogen and oxygen atoms in total. The topological polar surface area (TPSA) is 12.0 Å². The fraction of sp³-hybridized carbons (Fsp3) is 0.250. The van der Waals surface area contributed by atoms with E-state index < -0.39 is 0 Å². The molecule has 0 aromatic heterocycles. The Morgan fingerprint density at radius 1 is 1.05 bits per heavy atom. The van der Waals surface area contributed by atoms with Crippen LogP contribution in [0.25, 0.3) is 0 Å². The van der Waals surface area contributed by atoms with E-state index in [0.717, 1.165) is 24.5 Å². The Balaban J connectivity index is 2.17. The molecule has 0 saturated carbocycles. The van der Waals surface area contributed by atoms with Gasteiger partial charge < -0.3 is 5.32 Å². The van der Waals surface area contributed by atoms with E-state index in [9.17, 15) is 0 Å². The van der Waals surface area contributed by atoms with Gasteiger partial charge in [0.1, 0.15) is 0 Å². The van der Waals surface area contributed by atoms with Gasteiger partial charge in [-0.1, -0.05) is 54.6 Å². The number of benzene rings is 2. The fourth-order valence-corrected chi connectivity index (χ4v) is 3.11. The van der Waals surface area contributed by atoms with Gasteiger partial charge in [0.15, 0.2) is 0 Å². The second kappa shape index (κ2) is 7.59. The van der Waals surface area contributed by atoms with E-state index in [-0.39, 0.29) is 0 Å². The molecule has 1 N–H and O–H groups in total. The third-order valence-corrected chi connectivity index (χ3v) is 4.24. The summed E-state index contributed by atoms with van der Waals surface area (Å²) in [6.07, 6.45) is 1.13. The largest absolute Gasteiger partial charge is 0.313 e.